The Hall–Kier alpha value is -2.09. The van der Waals surface area contributed by atoms with Crippen molar-refractivity contribution in [1.29, 1.82) is 0 Å². The number of rotatable bonds is 5. The highest BCUT2D eigenvalue weighted by molar-refractivity contribution is 5.76. The fraction of sp³-hybridized carbons (Fsp3) is 0.278. The summed E-state index contributed by atoms with van der Waals surface area (Å²) in [4.78, 5) is 11.3. The van der Waals surface area contributed by atoms with E-state index in [4.69, 9.17) is 0 Å². The molecule has 0 aliphatic rings. The second-order valence-corrected chi connectivity index (χ2v) is 5.17. The molecule has 104 valence electrons. The van der Waals surface area contributed by atoms with Crippen LogP contribution in [-0.4, -0.2) is 11.1 Å². The van der Waals surface area contributed by atoms with Crippen molar-refractivity contribution in [3.63, 3.8) is 0 Å². The second kappa shape index (κ2) is 6.38. The van der Waals surface area contributed by atoms with Gasteiger partial charge in [-0.05, 0) is 30.0 Å². The van der Waals surface area contributed by atoms with Gasteiger partial charge in [-0.1, -0.05) is 67.4 Å². The van der Waals surface area contributed by atoms with Gasteiger partial charge in [-0.25, -0.2) is 0 Å². The van der Waals surface area contributed by atoms with Crippen LogP contribution in [0, 0.1) is 6.92 Å². The molecule has 2 nitrogen and oxygen atoms in total. The van der Waals surface area contributed by atoms with Crippen LogP contribution in [0.2, 0.25) is 0 Å². The van der Waals surface area contributed by atoms with E-state index in [1.807, 2.05) is 31.2 Å². The van der Waals surface area contributed by atoms with Gasteiger partial charge in [0, 0.05) is 0 Å². The molecule has 0 amide bonds. The average molecular weight is 268 g/mol. The van der Waals surface area contributed by atoms with Crippen molar-refractivity contribution in [2.45, 2.75) is 32.6 Å². The number of aryl methyl sites for hydroxylation is 1. The molecule has 0 saturated heterocycles. The summed E-state index contributed by atoms with van der Waals surface area (Å²) in [7, 11) is 0. The first-order chi connectivity index (χ1) is 9.61. The van der Waals surface area contributed by atoms with Crippen molar-refractivity contribution < 1.29 is 9.90 Å². The summed E-state index contributed by atoms with van der Waals surface area (Å²) in [5, 5.41) is 9.27. The predicted octanol–water partition coefficient (Wildman–Crippen LogP) is 4.63. The van der Waals surface area contributed by atoms with Crippen LogP contribution in [0.5, 0.6) is 0 Å². The number of hydrogen-bond donors (Lipinski definition) is 1. The molecule has 0 spiro atoms. The topological polar surface area (TPSA) is 37.3 Å². The minimum atomic E-state index is -0.741. The molecule has 0 aliphatic heterocycles. The smallest absolute Gasteiger partial charge is 0.310 e. The van der Waals surface area contributed by atoms with Crippen LogP contribution >= 0.6 is 0 Å². The van der Waals surface area contributed by atoms with Gasteiger partial charge in [0.25, 0.3) is 0 Å². The highest BCUT2D eigenvalue weighted by Crippen LogP contribution is 2.26. The Morgan fingerprint density at radius 1 is 1.00 bits per heavy atom. The van der Waals surface area contributed by atoms with Crippen molar-refractivity contribution >= 4 is 5.97 Å². The average Bonchev–Trinajstić information content (AvgIpc) is 2.45. The summed E-state index contributed by atoms with van der Waals surface area (Å²) < 4.78 is 0. The Labute approximate surface area is 120 Å². The van der Waals surface area contributed by atoms with Gasteiger partial charge in [0.1, 0.15) is 0 Å². The molecule has 0 heterocycles. The first-order valence-electron chi connectivity index (χ1n) is 7.01. The van der Waals surface area contributed by atoms with E-state index in [1.54, 1.807) is 0 Å². The molecule has 0 aromatic heterocycles. The maximum atomic E-state index is 11.3. The molecule has 20 heavy (non-hydrogen) atoms. The maximum Gasteiger partial charge on any atom is 0.310 e. The highest BCUT2D eigenvalue weighted by Gasteiger charge is 2.18. The Bertz CT molecular complexity index is 567. The van der Waals surface area contributed by atoms with Gasteiger partial charge in [-0.2, -0.15) is 0 Å². The normalized spacial score (nSPS) is 12.1. The maximum absolute atomic E-state index is 11.3. The van der Waals surface area contributed by atoms with E-state index in [2.05, 4.69) is 31.2 Å². The second-order valence-electron chi connectivity index (χ2n) is 5.17. The molecule has 0 saturated carbocycles. The zero-order valence-corrected chi connectivity index (χ0v) is 12.0. The lowest BCUT2D eigenvalue weighted by Gasteiger charge is -2.12. The minimum Gasteiger partial charge on any atom is -0.481 e. The monoisotopic (exact) mass is 268 g/mol. The van der Waals surface area contributed by atoms with E-state index in [1.165, 1.54) is 5.56 Å². The standard InChI is InChI=1S/C18H20O2/c1-3-4-17(18(19)20)16-11-9-15(10-12-16)14-7-5-13(2)6-8-14/h5-12,17H,3-4H2,1-2H3,(H,19,20). The van der Waals surface area contributed by atoms with Crippen molar-refractivity contribution in [3.8, 4) is 11.1 Å². The van der Waals surface area contributed by atoms with Gasteiger partial charge >= 0.3 is 5.97 Å². The molecule has 0 fully saturated rings. The van der Waals surface area contributed by atoms with Gasteiger partial charge in [-0.15, -0.1) is 0 Å². The number of carboxylic acid groups (broad SMARTS) is 1. The lowest BCUT2D eigenvalue weighted by Crippen LogP contribution is -2.11. The molecule has 0 aliphatic carbocycles. The predicted molar refractivity (Wildman–Crippen MR) is 81.9 cm³/mol. The van der Waals surface area contributed by atoms with Crippen LogP contribution in [0.3, 0.4) is 0 Å². The van der Waals surface area contributed by atoms with E-state index in [0.29, 0.717) is 6.42 Å². The van der Waals surface area contributed by atoms with Crippen LogP contribution in [0.25, 0.3) is 11.1 Å². The molecular formula is C18H20O2. The molecule has 1 unspecified atom stereocenters. The van der Waals surface area contributed by atoms with Crippen LogP contribution in [-0.2, 0) is 4.79 Å². The number of aliphatic carboxylic acids is 1. The van der Waals surface area contributed by atoms with Gasteiger partial charge in [-0.3, -0.25) is 4.79 Å². The molecule has 1 N–H and O–H groups in total. The summed E-state index contributed by atoms with van der Waals surface area (Å²) in [6.07, 6.45) is 1.55. The molecule has 0 radical (unpaired) electrons. The summed E-state index contributed by atoms with van der Waals surface area (Å²) in [5.41, 5.74) is 4.40. The lowest BCUT2D eigenvalue weighted by molar-refractivity contribution is -0.139. The molecule has 2 aromatic carbocycles. The molecule has 2 heteroatoms. The third-order valence-corrected chi connectivity index (χ3v) is 3.57. The van der Waals surface area contributed by atoms with Crippen molar-refractivity contribution in [2.75, 3.05) is 0 Å². The van der Waals surface area contributed by atoms with E-state index >= 15 is 0 Å². The van der Waals surface area contributed by atoms with Crippen LogP contribution in [0.15, 0.2) is 48.5 Å². The molecule has 2 rings (SSSR count). The van der Waals surface area contributed by atoms with E-state index in [-0.39, 0.29) is 0 Å². The van der Waals surface area contributed by atoms with E-state index in [9.17, 15) is 9.90 Å². The number of benzene rings is 2. The van der Waals surface area contributed by atoms with Crippen LogP contribution in [0.1, 0.15) is 36.8 Å². The summed E-state index contributed by atoms with van der Waals surface area (Å²) in [6, 6.07) is 16.2. The first-order valence-corrected chi connectivity index (χ1v) is 7.01. The van der Waals surface area contributed by atoms with Crippen molar-refractivity contribution in [2.24, 2.45) is 0 Å². The third kappa shape index (κ3) is 3.27. The fourth-order valence-electron chi connectivity index (χ4n) is 2.38. The zero-order valence-electron chi connectivity index (χ0n) is 12.0. The highest BCUT2D eigenvalue weighted by atomic mass is 16.4. The van der Waals surface area contributed by atoms with E-state index < -0.39 is 11.9 Å². The Morgan fingerprint density at radius 3 is 1.95 bits per heavy atom. The fourth-order valence-corrected chi connectivity index (χ4v) is 2.38. The summed E-state index contributed by atoms with van der Waals surface area (Å²) >= 11 is 0. The number of carboxylic acids is 1. The molecule has 0 bridgehead atoms. The lowest BCUT2D eigenvalue weighted by atomic mass is 9.93. The Kier molecular flexibility index (Phi) is 4.57. The Balaban J connectivity index is 2.25. The third-order valence-electron chi connectivity index (χ3n) is 3.57. The van der Waals surface area contributed by atoms with Crippen molar-refractivity contribution in [3.05, 3.63) is 59.7 Å². The van der Waals surface area contributed by atoms with E-state index in [0.717, 1.165) is 23.1 Å². The first kappa shape index (κ1) is 14.3. The summed E-state index contributed by atoms with van der Waals surface area (Å²) in [5.74, 6) is -1.14. The largest absolute Gasteiger partial charge is 0.481 e. The zero-order chi connectivity index (χ0) is 14.5. The van der Waals surface area contributed by atoms with Crippen molar-refractivity contribution in [1.82, 2.24) is 0 Å². The van der Waals surface area contributed by atoms with Crippen LogP contribution in [0.4, 0.5) is 0 Å². The quantitative estimate of drug-likeness (QED) is 0.858. The molecular weight excluding hydrogens is 248 g/mol. The van der Waals surface area contributed by atoms with Crippen LogP contribution < -0.4 is 0 Å². The summed E-state index contributed by atoms with van der Waals surface area (Å²) in [6.45, 7) is 4.08. The van der Waals surface area contributed by atoms with Gasteiger partial charge in [0.05, 0.1) is 5.92 Å². The molecule has 2 aromatic rings. The van der Waals surface area contributed by atoms with Gasteiger partial charge in [0.15, 0.2) is 0 Å². The number of carbonyl (C=O) groups is 1. The Morgan fingerprint density at radius 2 is 1.50 bits per heavy atom. The van der Waals surface area contributed by atoms with Gasteiger partial charge < -0.3 is 5.11 Å². The minimum absolute atomic E-state index is 0.396. The van der Waals surface area contributed by atoms with Gasteiger partial charge in [0.2, 0.25) is 0 Å². The molecule has 1 atom stereocenters. The SMILES string of the molecule is CCCC(C(=O)O)c1ccc(-c2ccc(C)cc2)cc1. The number of hydrogen-bond acceptors (Lipinski definition) is 1.